The molecule has 0 radical (unpaired) electrons. The number of ether oxygens (including phenoxy) is 7. The lowest BCUT2D eigenvalue weighted by molar-refractivity contribution is -0.158. The minimum atomic E-state index is -0.729. The van der Waals surface area contributed by atoms with Gasteiger partial charge in [0.15, 0.2) is 28.8 Å². The largest absolute Gasteiger partial charge is 0.493 e. The molecule has 0 saturated carbocycles. The first-order valence-electron chi connectivity index (χ1n) is 22.1. The van der Waals surface area contributed by atoms with Crippen LogP contribution >= 0.6 is 0 Å². The third-order valence-corrected chi connectivity index (χ3v) is 13.8. The minimum Gasteiger partial charge on any atom is -0.493 e. The van der Waals surface area contributed by atoms with E-state index in [1.165, 1.54) is 18.2 Å². The van der Waals surface area contributed by atoms with Crippen molar-refractivity contribution in [3.05, 3.63) is 129 Å². The number of carbonyl (C=O) groups excluding carboxylic acids is 2. The topological polar surface area (TPSA) is 125 Å². The van der Waals surface area contributed by atoms with Crippen LogP contribution in [0.15, 0.2) is 84.6 Å². The third kappa shape index (κ3) is 9.12. The molecule has 1 saturated heterocycles. The van der Waals surface area contributed by atoms with E-state index in [0.717, 1.165) is 78.1 Å². The second kappa shape index (κ2) is 19.5. The van der Waals surface area contributed by atoms with Crippen molar-refractivity contribution in [2.24, 2.45) is 11.8 Å². The van der Waals surface area contributed by atoms with Gasteiger partial charge in [-0.25, -0.2) is 4.79 Å². The van der Waals surface area contributed by atoms with Crippen LogP contribution in [0.2, 0.25) is 0 Å². The van der Waals surface area contributed by atoms with Gasteiger partial charge in [0.25, 0.3) is 5.91 Å². The van der Waals surface area contributed by atoms with E-state index < -0.39 is 12.3 Å². The third-order valence-electron chi connectivity index (χ3n) is 13.8. The Morgan fingerprint density at radius 3 is 2.00 bits per heavy atom. The van der Waals surface area contributed by atoms with Gasteiger partial charge in [0.1, 0.15) is 0 Å². The summed E-state index contributed by atoms with van der Waals surface area (Å²) in [5.41, 5.74) is 7.90. The molecule has 0 spiro atoms. The maximum atomic E-state index is 15.3. The van der Waals surface area contributed by atoms with Crippen molar-refractivity contribution >= 4 is 11.9 Å². The van der Waals surface area contributed by atoms with Crippen LogP contribution in [0.5, 0.6) is 23.0 Å². The zero-order valence-corrected chi connectivity index (χ0v) is 37.3. The van der Waals surface area contributed by atoms with E-state index in [2.05, 4.69) is 36.1 Å². The summed E-state index contributed by atoms with van der Waals surface area (Å²) in [7, 11) is 8.05. The molecule has 4 aliphatic heterocycles. The van der Waals surface area contributed by atoms with Gasteiger partial charge in [-0.3, -0.25) is 9.69 Å². The number of piperidine rings is 1. The fraction of sp³-hybridized carbons (Fsp3) is 0.451. The van der Waals surface area contributed by atoms with E-state index in [0.29, 0.717) is 48.3 Å². The van der Waals surface area contributed by atoms with E-state index >= 15 is 4.79 Å². The molecule has 0 unspecified atom stereocenters. The minimum absolute atomic E-state index is 0.0421. The lowest BCUT2D eigenvalue weighted by Gasteiger charge is -2.49. The highest BCUT2D eigenvalue weighted by Crippen LogP contribution is 2.50. The molecule has 6 atom stereocenters. The number of methoxy groups -OCH3 is 5. The number of rotatable bonds is 14. The molecule has 0 aromatic heterocycles. The van der Waals surface area contributed by atoms with Gasteiger partial charge < -0.3 is 43.2 Å². The summed E-state index contributed by atoms with van der Waals surface area (Å²) in [4.78, 5) is 32.3. The number of nitrogens with zero attached hydrogens (tertiary/aromatic N) is 2. The van der Waals surface area contributed by atoms with Crippen molar-refractivity contribution < 1.29 is 47.9 Å². The van der Waals surface area contributed by atoms with E-state index in [1.807, 2.05) is 47.4 Å². The first-order valence-corrected chi connectivity index (χ1v) is 22.1. The lowest BCUT2D eigenvalue weighted by Crippen LogP contribution is -2.48. The van der Waals surface area contributed by atoms with Crippen molar-refractivity contribution in [1.82, 2.24) is 9.80 Å². The Kier molecular flexibility index (Phi) is 13.6. The molecule has 4 aromatic rings. The maximum absolute atomic E-state index is 15.3. The highest BCUT2D eigenvalue weighted by atomic mass is 16.7. The molecule has 334 valence electrons. The zero-order valence-electron chi connectivity index (χ0n) is 37.3. The number of benzene rings is 4. The number of aliphatic hydroxyl groups is 1. The Bertz CT molecular complexity index is 2290. The molecule has 12 heteroatoms. The average molecular weight is 861 g/mol. The zero-order chi connectivity index (χ0) is 44.2. The summed E-state index contributed by atoms with van der Waals surface area (Å²) in [5, 5.41) is 9.56. The standard InChI is InChI=1S/C51H60N2O10/c1-7-33-28-52-18-16-36-22-44(57-2)46(59-4)26-40(36)42(52)20-38(33)21-43-41-27-47(60-5)45(58-3)23-37(41)17-19-53(43)50(55)48-24-39(34-12-14-35(15-13-34)51(56)61-6)25-49(63-48)62-30-32-10-8-31(29-54)9-11-32/h8-15,22-24,26-27,33,38-39,42-43,49,54H,7,16-21,25,28-30H2,1-6H3/t33-,38+,39+,42-,43+,49-/m0/s1. The summed E-state index contributed by atoms with van der Waals surface area (Å²) in [6, 6.07) is 23.3. The summed E-state index contributed by atoms with van der Waals surface area (Å²) < 4.78 is 41.1. The van der Waals surface area contributed by atoms with Crippen molar-refractivity contribution in [3.63, 3.8) is 0 Å². The number of allylic oxidation sites excluding steroid dienone is 1. The molecule has 4 aliphatic rings. The molecule has 4 aromatic carbocycles. The van der Waals surface area contributed by atoms with Crippen molar-refractivity contribution in [2.75, 3.05) is 55.2 Å². The number of aliphatic hydroxyl groups excluding tert-OH is 1. The molecular formula is C51H60N2O10. The van der Waals surface area contributed by atoms with Crippen LogP contribution < -0.4 is 18.9 Å². The fourth-order valence-corrected chi connectivity index (χ4v) is 10.3. The molecule has 4 heterocycles. The molecule has 1 N–H and O–H groups in total. The molecular weight excluding hydrogens is 801 g/mol. The van der Waals surface area contributed by atoms with E-state index in [1.54, 1.807) is 40.6 Å². The quantitative estimate of drug-likeness (QED) is 0.124. The average Bonchev–Trinajstić information content (AvgIpc) is 3.34. The highest BCUT2D eigenvalue weighted by molar-refractivity contribution is 5.92. The van der Waals surface area contributed by atoms with Crippen LogP contribution in [0.4, 0.5) is 0 Å². The van der Waals surface area contributed by atoms with Crippen LogP contribution in [0.25, 0.3) is 0 Å². The Morgan fingerprint density at radius 1 is 0.746 bits per heavy atom. The van der Waals surface area contributed by atoms with Crippen LogP contribution in [0.1, 0.15) is 99.9 Å². The predicted octanol–water partition coefficient (Wildman–Crippen LogP) is 8.09. The van der Waals surface area contributed by atoms with Crippen molar-refractivity contribution in [3.8, 4) is 23.0 Å². The summed E-state index contributed by atoms with van der Waals surface area (Å²) >= 11 is 0. The molecule has 8 rings (SSSR count). The van der Waals surface area contributed by atoms with E-state index in [-0.39, 0.29) is 42.9 Å². The molecule has 63 heavy (non-hydrogen) atoms. The fourth-order valence-electron chi connectivity index (χ4n) is 10.3. The second-order valence-corrected chi connectivity index (χ2v) is 17.1. The molecule has 1 amide bonds. The summed E-state index contributed by atoms with van der Waals surface area (Å²) in [5.74, 6) is 2.92. The Morgan fingerprint density at radius 2 is 1.37 bits per heavy atom. The SMILES string of the molecule is CC[C@H]1CN2CCc3cc(OC)c(OC)cc3[C@@H]2C[C@@H]1C[C@@H]1c2cc(OC)c(OC)cc2CCN1C(=O)C1=C[C@@H](c2ccc(C(=O)OC)cc2)C[C@@H](OCc2ccc(CO)cc2)O1. The Labute approximate surface area is 370 Å². The Hall–Kier alpha value is -5.56. The van der Waals surface area contributed by atoms with Gasteiger partial charge in [0, 0.05) is 38.0 Å². The van der Waals surface area contributed by atoms with Crippen molar-refractivity contribution in [2.45, 2.75) is 83.0 Å². The van der Waals surface area contributed by atoms with Crippen LogP contribution in [0.3, 0.4) is 0 Å². The number of esters is 1. The van der Waals surface area contributed by atoms with E-state index in [4.69, 9.17) is 33.2 Å². The molecule has 1 fully saturated rings. The first-order chi connectivity index (χ1) is 30.7. The smallest absolute Gasteiger partial charge is 0.337 e. The van der Waals surface area contributed by atoms with Crippen molar-refractivity contribution in [1.29, 1.82) is 0 Å². The second-order valence-electron chi connectivity index (χ2n) is 17.1. The van der Waals surface area contributed by atoms with Gasteiger partial charge >= 0.3 is 5.97 Å². The van der Waals surface area contributed by atoms with Gasteiger partial charge in [0.2, 0.25) is 6.29 Å². The molecule has 0 aliphatic carbocycles. The Balaban J connectivity index is 1.14. The number of amides is 1. The predicted molar refractivity (Wildman–Crippen MR) is 237 cm³/mol. The van der Waals surface area contributed by atoms with Gasteiger partial charge in [-0.2, -0.15) is 0 Å². The monoisotopic (exact) mass is 860 g/mol. The lowest BCUT2D eigenvalue weighted by atomic mass is 9.72. The van der Waals surface area contributed by atoms with Gasteiger partial charge in [0.05, 0.1) is 60.4 Å². The van der Waals surface area contributed by atoms with E-state index in [9.17, 15) is 9.90 Å². The van der Waals surface area contributed by atoms with Crippen LogP contribution in [-0.2, 0) is 45.1 Å². The molecule has 0 bridgehead atoms. The number of carbonyl (C=O) groups is 2. The maximum Gasteiger partial charge on any atom is 0.337 e. The number of hydrogen-bond acceptors (Lipinski definition) is 11. The number of hydrogen-bond donors (Lipinski definition) is 1. The number of fused-ring (bicyclic) bond motifs is 4. The van der Waals surface area contributed by atoms with Gasteiger partial charge in [-0.05, 0) is 119 Å². The van der Waals surface area contributed by atoms with Crippen LogP contribution in [0, 0.1) is 11.8 Å². The summed E-state index contributed by atoms with van der Waals surface area (Å²) in [6.07, 6.45) is 5.98. The normalized spacial score (nSPS) is 23.0. The van der Waals surface area contributed by atoms with Gasteiger partial charge in [-0.15, -0.1) is 0 Å². The first kappa shape index (κ1) is 44.1. The van der Waals surface area contributed by atoms with Gasteiger partial charge in [-0.1, -0.05) is 49.7 Å². The molecule has 12 nitrogen and oxygen atoms in total. The highest BCUT2D eigenvalue weighted by Gasteiger charge is 2.43. The van der Waals surface area contributed by atoms with Crippen LogP contribution in [-0.4, -0.2) is 88.3 Å². The summed E-state index contributed by atoms with van der Waals surface area (Å²) in [6.45, 7) is 4.96.